The minimum atomic E-state index is 0.0707. The van der Waals surface area contributed by atoms with E-state index in [1.807, 2.05) is 69.4 Å². The molecule has 0 aromatic heterocycles. The van der Waals surface area contributed by atoms with E-state index in [2.05, 4.69) is 0 Å². The average molecular weight is 253 g/mol. The molecule has 19 heavy (non-hydrogen) atoms. The van der Waals surface area contributed by atoms with Crippen molar-refractivity contribution in [2.45, 2.75) is 20.4 Å². The van der Waals surface area contributed by atoms with Crippen molar-refractivity contribution in [1.82, 2.24) is 4.90 Å². The third-order valence-electron chi connectivity index (χ3n) is 3.22. The first kappa shape index (κ1) is 13.3. The number of hydrogen-bond acceptors (Lipinski definition) is 1. The zero-order chi connectivity index (χ0) is 13.8. The normalized spacial score (nSPS) is 10.3. The van der Waals surface area contributed by atoms with Crippen molar-refractivity contribution in [3.63, 3.8) is 0 Å². The highest BCUT2D eigenvalue weighted by molar-refractivity contribution is 5.95. The van der Waals surface area contributed by atoms with Crippen molar-refractivity contribution in [1.29, 1.82) is 0 Å². The van der Waals surface area contributed by atoms with Gasteiger partial charge >= 0.3 is 0 Å². The summed E-state index contributed by atoms with van der Waals surface area (Å²) in [6.07, 6.45) is 0. The van der Waals surface area contributed by atoms with Crippen LogP contribution in [-0.4, -0.2) is 17.9 Å². The molecule has 0 atom stereocenters. The van der Waals surface area contributed by atoms with Gasteiger partial charge in [0.1, 0.15) is 0 Å². The number of nitrogens with zero attached hydrogens (tertiary/aromatic N) is 1. The lowest BCUT2D eigenvalue weighted by Crippen LogP contribution is -2.26. The highest BCUT2D eigenvalue weighted by atomic mass is 16.2. The Balaban J connectivity index is 2.15. The number of rotatable bonds is 3. The van der Waals surface area contributed by atoms with E-state index >= 15 is 0 Å². The second-order valence-corrected chi connectivity index (χ2v) is 4.97. The van der Waals surface area contributed by atoms with Gasteiger partial charge in [0.15, 0.2) is 0 Å². The van der Waals surface area contributed by atoms with E-state index in [1.54, 1.807) is 4.90 Å². The second-order valence-electron chi connectivity index (χ2n) is 4.97. The molecule has 2 nitrogen and oxygen atoms in total. The first-order valence-electron chi connectivity index (χ1n) is 6.44. The summed E-state index contributed by atoms with van der Waals surface area (Å²) >= 11 is 0. The fourth-order valence-corrected chi connectivity index (χ4v) is 2.19. The molecule has 0 bridgehead atoms. The predicted octanol–water partition coefficient (Wildman–Crippen LogP) is 3.58. The first-order valence-corrected chi connectivity index (χ1v) is 6.44. The monoisotopic (exact) mass is 253 g/mol. The first-order chi connectivity index (χ1) is 9.08. The molecule has 0 unspecified atom stereocenters. The lowest BCUT2D eigenvalue weighted by molar-refractivity contribution is 0.0784. The minimum absolute atomic E-state index is 0.0707. The molecule has 0 N–H and O–H groups in total. The molecule has 0 fully saturated rings. The van der Waals surface area contributed by atoms with Crippen molar-refractivity contribution in [2.24, 2.45) is 0 Å². The summed E-state index contributed by atoms with van der Waals surface area (Å²) < 4.78 is 0. The smallest absolute Gasteiger partial charge is 0.254 e. The molecule has 98 valence electrons. The van der Waals surface area contributed by atoms with E-state index in [0.717, 1.165) is 16.7 Å². The topological polar surface area (TPSA) is 20.3 Å². The Morgan fingerprint density at radius 3 is 2.37 bits per heavy atom. The fourth-order valence-electron chi connectivity index (χ4n) is 2.19. The molecular formula is C17H19NO. The van der Waals surface area contributed by atoms with E-state index in [1.165, 1.54) is 5.56 Å². The van der Waals surface area contributed by atoms with Crippen molar-refractivity contribution >= 4 is 5.91 Å². The highest BCUT2D eigenvalue weighted by Gasteiger charge is 2.14. The third kappa shape index (κ3) is 3.22. The molecule has 0 radical (unpaired) electrons. The van der Waals surface area contributed by atoms with Crippen LogP contribution in [0.4, 0.5) is 0 Å². The largest absolute Gasteiger partial charge is 0.337 e. The van der Waals surface area contributed by atoms with Crippen LogP contribution in [0.2, 0.25) is 0 Å². The van der Waals surface area contributed by atoms with E-state index in [9.17, 15) is 4.79 Å². The fraction of sp³-hybridized carbons (Fsp3) is 0.235. The molecule has 2 aromatic rings. The summed E-state index contributed by atoms with van der Waals surface area (Å²) in [6.45, 7) is 4.65. The molecular weight excluding hydrogens is 234 g/mol. The third-order valence-corrected chi connectivity index (χ3v) is 3.22. The van der Waals surface area contributed by atoms with Crippen LogP contribution in [0.25, 0.3) is 0 Å². The van der Waals surface area contributed by atoms with Crippen LogP contribution in [-0.2, 0) is 6.54 Å². The van der Waals surface area contributed by atoms with Gasteiger partial charge in [0.05, 0.1) is 0 Å². The summed E-state index contributed by atoms with van der Waals surface area (Å²) in [7, 11) is 1.84. The summed E-state index contributed by atoms with van der Waals surface area (Å²) in [4.78, 5) is 14.2. The Labute approximate surface area is 114 Å². The standard InChI is InChI=1S/C17H19NO/c1-13-9-10-16(14(2)11-13)17(19)18(3)12-15-7-5-4-6-8-15/h4-11H,12H2,1-3H3. The number of carbonyl (C=O) groups is 1. The Bertz CT molecular complexity index is 575. The molecule has 0 aliphatic heterocycles. The van der Waals surface area contributed by atoms with E-state index in [4.69, 9.17) is 0 Å². The van der Waals surface area contributed by atoms with Gasteiger partial charge in [0, 0.05) is 19.2 Å². The van der Waals surface area contributed by atoms with Gasteiger partial charge in [0.25, 0.3) is 5.91 Å². The SMILES string of the molecule is Cc1ccc(C(=O)N(C)Cc2ccccc2)c(C)c1. The minimum Gasteiger partial charge on any atom is -0.337 e. The Morgan fingerprint density at radius 1 is 1.05 bits per heavy atom. The van der Waals surface area contributed by atoms with Gasteiger partial charge in [0.2, 0.25) is 0 Å². The van der Waals surface area contributed by atoms with E-state index < -0.39 is 0 Å². The maximum absolute atomic E-state index is 12.4. The van der Waals surface area contributed by atoms with Gasteiger partial charge in [-0.05, 0) is 31.0 Å². The molecule has 2 rings (SSSR count). The van der Waals surface area contributed by atoms with Crippen LogP contribution in [0.5, 0.6) is 0 Å². The van der Waals surface area contributed by atoms with Gasteiger partial charge in [-0.15, -0.1) is 0 Å². The quantitative estimate of drug-likeness (QED) is 0.818. The molecule has 0 saturated heterocycles. The molecule has 0 aliphatic rings. The number of carbonyl (C=O) groups excluding carboxylic acids is 1. The molecule has 2 heteroatoms. The summed E-state index contributed by atoms with van der Waals surface area (Å²) in [5.74, 6) is 0.0707. The van der Waals surface area contributed by atoms with Crippen LogP contribution in [0.1, 0.15) is 27.0 Å². The van der Waals surface area contributed by atoms with Gasteiger partial charge in [-0.25, -0.2) is 0 Å². The molecule has 2 aromatic carbocycles. The number of hydrogen-bond donors (Lipinski definition) is 0. The zero-order valence-corrected chi connectivity index (χ0v) is 11.7. The van der Waals surface area contributed by atoms with Crippen LogP contribution < -0.4 is 0 Å². The van der Waals surface area contributed by atoms with Crippen molar-refractivity contribution in [2.75, 3.05) is 7.05 Å². The van der Waals surface area contributed by atoms with E-state index in [-0.39, 0.29) is 5.91 Å². The lowest BCUT2D eigenvalue weighted by atomic mass is 10.0. The average Bonchev–Trinajstić information content (AvgIpc) is 2.39. The summed E-state index contributed by atoms with van der Waals surface area (Å²) in [5, 5.41) is 0. The molecule has 1 amide bonds. The van der Waals surface area contributed by atoms with Gasteiger partial charge in [-0.2, -0.15) is 0 Å². The van der Waals surface area contributed by atoms with Crippen LogP contribution >= 0.6 is 0 Å². The Kier molecular flexibility index (Phi) is 4.00. The maximum Gasteiger partial charge on any atom is 0.254 e. The molecule has 0 saturated carbocycles. The summed E-state index contributed by atoms with van der Waals surface area (Å²) in [6, 6.07) is 16.0. The zero-order valence-electron chi connectivity index (χ0n) is 11.7. The number of aryl methyl sites for hydroxylation is 2. The second kappa shape index (κ2) is 5.70. The van der Waals surface area contributed by atoms with E-state index in [0.29, 0.717) is 6.54 Å². The molecule has 0 heterocycles. The van der Waals surface area contributed by atoms with Crippen molar-refractivity contribution in [3.05, 3.63) is 70.8 Å². The number of benzene rings is 2. The Morgan fingerprint density at radius 2 is 1.74 bits per heavy atom. The van der Waals surface area contributed by atoms with Crippen LogP contribution in [0.3, 0.4) is 0 Å². The maximum atomic E-state index is 12.4. The number of amides is 1. The molecule has 0 spiro atoms. The van der Waals surface area contributed by atoms with Gasteiger partial charge in [-0.1, -0.05) is 48.0 Å². The van der Waals surface area contributed by atoms with Crippen LogP contribution in [0.15, 0.2) is 48.5 Å². The lowest BCUT2D eigenvalue weighted by Gasteiger charge is -2.18. The van der Waals surface area contributed by atoms with Gasteiger partial charge in [-0.3, -0.25) is 4.79 Å². The van der Waals surface area contributed by atoms with Crippen LogP contribution in [0, 0.1) is 13.8 Å². The van der Waals surface area contributed by atoms with Crippen molar-refractivity contribution < 1.29 is 4.79 Å². The predicted molar refractivity (Wildman–Crippen MR) is 78.2 cm³/mol. The van der Waals surface area contributed by atoms with Gasteiger partial charge < -0.3 is 4.90 Å². The Hall–Kier alpha value is -2.09. The summed E-state index contributed by atoms with van der Waals surface area (Å²) in [5.41, 5.74) is 4.14. The van der Waals surface area contributed by atoms with Crippen molar-refractivity contribution in [3.8, 4) is 0 Å². The highest BCUT2D eigenvalue weighted by Crippen LogP contribution is 2.14. The molecule has 0 aliphatic carbocycles.